The van der Waals surface area contributed by atoms with Crippen LogP contribution in [0.25, 0.3) is 0 Å². The second-order valence-corrected chi connectivity index (χ2v) is 3.33. The summed E-state index contributed by atoms with van der Waals surface area (Å²) in [4.78, 5) is 6.59. The SMILES string of the molecule is C=C1N=C(C2CCCN2C)NN1. The van der Waals surface area contributed by atoms with Crippen molar-refractivity contribution in [1.29, 1.82) is 0 Å². The number of nitrogens with one attached hydrogen (secondary N) is 2. The minimum Gasteiger partial charge on any atom is -0.297 e. The number of aliphatic imine (C=N–C) groups is 1. The van der Waals surface area contributed by atoms with Gasteiger partial charge in [0.25, 0.3) is 0 Å². The molecule has 4 heteroatoms. The number of hydrogen-bond acceptors (Lipinski definition) is 4. The molecule has 0 bridgehead atoms. The van der Waals surface area contributed by atoms with Crippen LogP contribution in [-0.2, 0) is 0 Å². The van der Waals surface area contributed by atoms with Crippen LogP contribution in [0.3, 0.4) is 0 Å². The molecule has 0 aliphatic carbocycles. The van der Waals surface area contributed by atoms with E-state index in [1.54, 1.807) is 0 Å². The lowest BCUT2D eigenvalue weighted by molar-refractivity contribution is 0.368. The number of likely N-dealkylation sites (N-methyl/N-ethyl adjacent to an activating group) is 1. The molecule has 2 aliphatic heterocycles. The lowest BCUT2D eigenvalue weighted by Crippen LogP contribution is -2.42. The van der Waals surface area contributed by atoms with Crippen LogP contribution in [-0.4, -0.2) is 30.4 Å². The van der Waals surface area contributed by atoms with Gasteiger partial charge in [-0.15, -0.1) is 0 Å². The zero-order chi connectivity index (χ0) is 8.55. The molecule has 0 aromatic carbocycles. The van der Waals surface area contributed by atoms with Gasteiger partial charge in [0.05, 0.1) is 6.04 Å². The van der Waals surface area contributed by atoms with Gasteiger partial charge in [0.2, 0.25) is 0 Å². The van der Waals surface area contributed by atoms with E-state index in [-0.39, 0.29) is 0 Å². The van der Waals surface area contributed by atoms with Crippen LogP contribution < -0.4 is 10.9 Å². The number of rotatable bonds is 1. The first-order chi connectivity index (χ1) is 5.77. The van der Waals surface area contributed by atoms with Crippen molar-refractivity contribution in [3.05, 3.63) is 12.4 Å². The van der Waals surface area contributed by atoms with Gasteiger partial charge in [-0.05, 0) is 26.4 Å². The summed E-state index contributed by atoms with van der Waals surface area (Å²) in [5.41, 5.74) is 5.93. The van der Waals surface area contributed by atoms with E-state index in [4.69, 9.17) is 0 Å². The number of likely N-dealkylation sites (tertiary alicyclic amines) is 1. The Morgan fingerprint density at radius 2 is 2.42 bits per heavy atom. The van der Waals surface area contributed by atoms with Crippen molar-refractivity contribution in [2.24, 2.45) is 4.99 Å². The molecule has 2 rings (SSSR count). The molecule has 2 aliphatic rings. The Bertz CT molecular complexity index is 233. The maximum absolute atomic E-state index is 4.28. The maximum Gasteiger partial charge on any atom is 0.140 e. The van der Waals surface area contributed by atoms with E-state index in [1.165, 1.54) is 12.8 Å². The maximum atomic E-state index is 4.28. The van der Waals surface area contributed by atoms with Gasteiger partial charge in [-0.25, -0.2) is 4.99 Å². The normalized spacial score (nSPS) is 29.9. The molecule has 0 aromatic rings. The van der Waals surface area contributed by atoms with Crippen molar-refractivity contribution in [2.75, 3.05) is 13.6 Å². The Morgan fingerprint density at radius 3 is 2.92 bits per heavy atom. The molecule has 2 heterocycles. The largest absolute Gasteiger partial charge is 0.297 e. The average Bonchev–Trinajstić information content (AvgIpc) is 2.58. The third-order valence-electron chi connectivity index (χ3n) is 2.43. The van der Waals surface area contributed by atoms with Crippen molar-refractivity contribution in [2.45, 2.75) is 18.9 Å². The van der Waals surface area contributed by atoms with Crippen molar-refractivity contribution in [3.63, 3.8) is 0 Å². The molecule has 1 saturated heterocycles. The predicted octanol–water partition coefficient (Wildman–Crippen LogP) is 0.0581. The van der Waals surface area contributed by atoms with Gasteiger partial charge in [0.1, 0.15) is 11.7 Å². The smallest absolute Gasteiger partial charge is 0.140 e. The molecule has 0 saturated carbocycles. The molecule has 0 amide bonds. The van der Waals surface area contributed by atoms with Crippen molar-refractivity contribution < 1.29 is 0 Å². The van der Waals surface area contributed by atoms with Gasteiger partial charge in [0, 0.05) is 0 Å². The molecule has 0 spiro atoms. The molecule has 0 radical (unpaired) electrons. The van der Waals surface area contributed by atoms with Crippen LogP contribution in [0.2, 0.25) is 0 Å². The lowest BCUT2D eigenvalue weighted by Gasteiger charge is -2.18. The second kappa shape index (κ2) is 2.79. The third-order valence-corrected chi connectivity index (χ3v) is 2.43. The molecule has 66 valence electrons. The highest BCUT2D eigenvalue weighted by molar-refractivity contribution is 5.89. The van der Waals surface area contributed by atoms with Gasteiger partial charge in [0.15, 0.2) is 0 Å². The van der Waals surface area contributed by atoms with Gasteiger partial charge in [-0.1, -0.05) is 6.58 Å². The van der Waals surface area contributed by atoms with Gasteiger partial charge >= 0.3 is 0 Å². The number of amidine groups is 1. The van der Waals surface area contributed by atoms with E-state index in [1.807, 2.05) is 0 Å². The highest BCUT2D eigenvalue weighted by Gasteiger charge is 2.27. The van der Waals surface area contributed by atoms with Crippen LogP contribution >= 0.6 is 0 Å². The standard InChI is InChI=1S/C8H14N4/c1-6-9-8(11-10-6)7-4-3-5-12(7)2/h7,10H,1,3-5H2,2H3,(H,9,11). The first-order valence-electron chi connectivity index (χ1n) is 4.27. The quantitative estimate of drug-likeness (QED) is 0.578. The highest BCUT2D eigenvalue weighted by atomic mass is 15.5. The molecule has 1 atom stereocenters. The van der Waals surface area contributed by atoms with Gasteiger partial charge in [-0.3, -0.25) is 15.8 Å². The van der Waals surface area contributed by atoms with Crippen LogP contribution in [0.4, 0.5) is 0 Å². The fourth-order valence-corrected chi connectivity index (χ4v) is 1.75. The van der Waals surface area contributed by atoms with Crippen molar-refractivity contribution in [3.8, 4) is 0 Å². The summed E-state index contributed by atoms with van der Waals surface area (Å²) < 4.78 is 0. The van der Waals surface area contributed by atoms with E-state index in [0.29, 0.717) is 11.9 Å². The van der Waals surface area contributed by atoms with Gasteiger partial charge < -0.3 is 0 Å². The summed E-state index contributed by atoms with van der Waals surface area (Å²) in [5.74, 6) is 1.73. The molecule has 2 N–H and O–H groups in total. The Kier molecular flexibility index (Phi) is 1.77. The molecule has 1 fully saturated rings. The Hall–Kier alpha value is -1.03. The fraction of sp³-hybridized carbons (Fsp3) is 0.625. The topological polar surface area (TPSA) is 39.7 Å². The van der Waals surface area contributed by atoms with Gasteiger partial charge in [-0.2, -0.15) is 0 Å². The summed E-state index contributed by atoms with van der Waals surface area (Å²) in [6, 6.07) is 0.455. The number of hydrogen-bond donors (Lipinski definition) is 2. The summed E-state index contributed by atoms with van der Waals surface area (Å²) in [6.07, 6.45) is 2.45. The van der Waals surface area contributed by atoms with E-state index >= 15 is 0 Å². The lowest BCUT2D eigenvalue weighted by atomic mass is 10.2. The summed E-state index contributed by atoms with van der Waals surface area (Å²) >= 11 is 0. The Labute approximate surface area is 72.3 Å². The summed E-state index contributed by atoms with van der Waals surface area (Å²) in [7, 11) is 2.13. The predicted molar refractivity (Wildman–Crippen MR) is 48.5 cm³/mol. The monoisotopic (exact) mass is 166 g/mol. The summed E-state index contributed by atoms with van der Waals surface area (Å²) in [6.45, 7) is 4.89. The van der Waals surface area contributed by atoms with E-state index in [9.17, 15) is 0 Å². The number of hydrazine groups is 1. The first-order valence-corrected chi connectivity index (χ1v) is 4.27. The van der Waals surface area contributed by atoms with E-state index < -0.39 is 0 Å². The minimum atomic E-state index is 0.455. The fourth-order valence-electron chi connectivity index (χ4n) is 1.75. The molecule has 4 nitrogen and oxygen atoms in total. The molecular formula is C8H14N4. The molecule has 0 aromatic heterocycles. The van der Waals surface area contributed by atoms with E-state index in [2.05, 4.69) is 34.4 Å². The Balaban J connectivity index is 2.09. The molecular weight excluding hydrogens is 152 g/mol. The minimum absolute atomic E-state index is 0.455. The molecule has 1 unspecified atom stereocenters. The zero-order valence-electron chi connectivity index (χ0n) is 7.30. The van der Waals surface area contributed by atoms with Crippen LogP contribution in [0, 0.1) is 0 Å². The van der Waals surface area contributed by atoms with Crippen LogP contribution in [0.5, 0.6) is 0 Å². The second-order valence-electron chi connectivity index (χ2n) is 3.33. The number of nitrogens with zero attached hydrogens (tertiary/aromatic N) is 2. The van der Waals surface area contributed by atoms with Crippen LogP contribution in [0.1, 0.15) is 12.8 Å². The van der Waals surface area contributed by atoms with Crippen LogP contribution in [0.15, 0.2) is 17.4 Å². The van der Waals surface area contributed by atoms with Crippen molar-refractivity contribution >= 4 is 5.84 Å². The third kappa shape index (κ3) is 1.18. The van der Waals surface area contributed by atoms with E-state index in [0.717, 1.165) is 12.4 Å². The zero-order valence-corrected chi connectivity index (χ0v) is 7.30. The first kappa shape index (κ1) is 7.61. The Morgan fingerprint density at radius 1 is 1.58 bits per heavy atom. The molecule has 12 heavy (non-hydrogen) atoms. The average molecular weight is 166 g/mol. The summed E-state index contributed by atoms with van der Waals surface area (Å²) in [5, 5.41) is 0. The van der Waals surface area contributed by atoms with Crippen molar-refractivity contribution in [1.82, 2.24) is 15.8 Å². The highest BCUT2D eigenvalue weighted by Crippen LogP contribution is 2.16.